The first kappa shape index (κ1) is 33.2. The molecule has 0 bridgehead atoms. The monoisotopic (exact) mass is 642 g/mol. The zero-order valence-corrected chi connectivity index (χ0v) is 27.8. The Morgan fingerprint density at radius 2 is 1.74 bits per heavy atom. The van der Waals surface area contributed by atoms with Crippen molar-refractivity contribution in [1.82, 2.24) is 4.98 Å². The molecule has 2 aliphatic heterocycles. The Morgan fingerprint density at radius 1 is 0.978 bits per heavy atom. The summed E-state index contributed by atoms with van der Waals surface area (Å²) < 4.78 is 36.2. The van der Waals surface area contributed by atoms with Gasteiger partial charge in [-0.25, -0.2) is 18.0 Å². The maximum atomic E-state index is 11.3. The van der Waals surface area contributed by atoms with E-state index in [9.17, 15) is 17.8 Å². The van der Waals surface area contributed by atoms with Gasteiger partial charge in [-0.2, -0.15) is 0 Å². The van der Waals surface area contributed by atoms with Crippen LogP contribution in [0.4, 0.5) is 11.6 Å². The zero-order valence-electron chi connectivity index (χ0n) is 26.9. The first-order valence-electron chi connectivity index (χ1n) is 15.8. The second-order valence-electron chi connectivity index (χ2n) is 13.0. The highest BCUT2D eigenvalue weighted by Crippen LogP contribution is 2.46. The minimum atomic E-state index is -4.32. The summed E-state index contributed by atoms with van der Waals surface area (Å²) in [5.41, 5.74) is 5.53. The van der Waals surface area contributed by atoms with E-state index in [1.54, 1.807) is 6.20 Å². The van der Waals surface area contributed by atoms with Gasteiger partial charge in [0.05, 0.1) is 33.8 Å². The van der Waals surface area contributed by atoms with Crippen molar-refractivity contribution < 1.29 is 27.4 Å². The van der Waals surface area contributed by atoms with Gasteiger partial charge in [-0.3, -0.25) is 4.79 Å². The molecule has 2 aliphatic rings. The Labute approximate surface area is 271 Å². The summed E-state index contributed by atoms with van der Waals surface area (Å²) in [6, 6.07) is 16.4. The number of aryl methyl sites for hydroxylation is 1. The average molecular weight is 643 g/mol. The topological polar surface area (TPSA) is 127 Å². The van der Waals surface area contributed by atoms with Crippen LogP contribution in [-0.2, 0) is 32.3 Å². The molecule has 0 spiro atoms. The Bertz CT molecular complexity index is 1810. The van der Waals surface area contributed by atoms with Crippen molar-refractivity contribution in [3.8, 4) is 11.1 Å². The van der Waals surface area contributed by atoms with Gasteiger partial charge in [0.1, 0.15) is 5.82 Å². The first-order chi connectivity index (χ1) is 21.8. The normalized spacial score (nSPS) is 17.4. The van der Waals surface area contributed by atoms with Crippen LogP contribution in [-0.4, -0.2) is 47.0 Å². The van der Waals surface area contributed by atoms with Crippen molar-refractivity contribution in [3.05, 3.63) is 96.0 Å². The van der Waals surface area contributed by atoms with E-state index in [0.29, 0.717) is 13.0 Å². The number of aromatic nitrogens is 2. The number of benzene rings is 1. The molecule has 46 heavy (non-hydrogen) atoms. The van der Waals surface area contributed by atoms with Crippen LogP contribution < -0.4 is 9.47 Å². The summed E-state index contributed by atoms with van der Waals surface area (Å²) in [4.78, 5) is 22.8. The van der Waals surface area contributed by atoms with E-state index >= 15 is 0 Å². The lowest BCUT2D eigenvalue weighted by Gasteiger charge is -2.26. The molecule has 0 amide bonds. The van der Waals surface area contributed by atoms with Crippen LogP contribution in [0.2, 0.25) is 0 Å². The van der Waals surface area contributed by atoms with Gasteiger partial charge in [0.15, 0.2) is 5.71 Å². The van der Waals surface area contributed by atoms with E-state index in [0.717, 1.165) is 64.7 Å². The number of carboxylic acids is 1. The third-order valence-corrected chi connectivity index (χ3v) is 9.76. The zero-order chi connectivity index (χ0) is 33.1. The van der Waals surface area contributed by atoms with Gasteiger partial charge >= 0.3 is 11.8 Å². The van der Waals surface area contributed by atoms with Crippen molar-refractivity contribution in [2.75, 3.05) is 17.2 Å². The Kier molecular flexibility index (Phi) is 9.60. The molecule has 9 nitrogen and oxygen atoms in total. The number of fused-ring (bicyclic) bond motifs is 2. The lowest BCUT2D eigenvalue weighted by atomic mass is 9.81. The summed E-state index contributed by atoms with van der Waals surface area (Å²) in [6.07, 6.45) is 12.6. The third-order valence-electron chi connectivity index (χ3n) is 8.98. The number of allylic oxidation sites excluding steroid dienone is 4. The summed E-state index contributed by atoms with van der Waals surface area (Å²) >= 11 is 0. The molecule has 0 radical (unpaired) electrons. The number of anilines is 1. The number of rotatable bonds is 13. The fourth-order valence-electron chi connectivity index (χ4n) is 6.40. The number of carbonyl (C=O) groups is 1. The number of pyridine rings is 2. The third kappa shape index (κ3) is 7.13. The van der Waals surface area contributed by atoms with E-state index in [1.807, 2.05) is 53.5 Å². The van der Waals surface area contributed by atoms with Crippen molar-refractivity contribution in [2.45, 2.75) is 77.2 Å². The van der Waals surface area contributed by atoms with Crippen LogP contribution in [0, 0.1) is 0 Å². The number of unbranched alkanes of at least 4 members (excludes halogenated alkanes) is 2. The van der Waals surface area contributed by atoms with Crippen LogP contribution in [0.25, 0.3) is 11.1 Å². The highest BCUT2D eigenvalue weighted by molar-refractivity contribution is 7.85. The van der Waals surface area contributed by atoms with Crippen LogP contribution in [0.5, 0.6) is 0 Å². The van der Waals surface area contributed by atoms with Gasteiger partial charge in [0.25, 0.3) is 0 Å². The number of aliphatic carboxylic acids is 1. The SMILES string of the molecule is CC1(C)C(/C=C/C=C2/N(CCCS(=O)(=O)[O-])c3ncccc3C2(C)C)=Nc2c1cc(-c1ccccc1)c[n+]2CCCCCC(=O)O. The van der Waals surface area contributed by atoms with Crippen molar-refractivity contribution in [1.29, 1.82) is 0 Å². The lowest BCUT2D eigenvalue weighted by molar-refractivity contribution is -0.684. The van der Waals surface area contributed by atoms with Crippen molar-refractivity contribution >= 4 is 33.4 Å². The van der Waals surface area contributed by atoms with Crippen LogP contribution in [0.1, 0.15) is 70.9 Å². The molecule has 2 aromatic heterocycles. The molecule has 0 saturated carbocycles. The summed E-state index contributed by atoms with van der Waals surface area (Å²) in [6.45, 7) is 9.69. The Morgan fingerprint density at radius 3 is 2.46 bits per heavy atom. The molecular formula is C36H42N4O5S. The molecule has 0 aliphatic carbocycles. The molecule has 4 heterocycles. The van der Waals surface area contributed by atoms with Gasteiger partial charge in [-0.05, 0) is 74.4 Å². The molecule has 1 N–H and O–H groups in total. The first-order valence-corrected chi connectivity index (χ1v) is 17.4. The fraction of sp³-hybridized carbons (Fsp3) is 0.389. The van der Waals surface area contributed by atoms with E-state index in [1.165, 1.54) is 0 Å². The average Bonchev–Trinajstić information content (AvgIpc) is 3.38. The largest absolute Gasteiger partial charge is 0.748 e. The Hall–Kier alpha value is -4.15. The van der Waals surface area contributed by atoms with Crippen LogP contribution in [0.3, 0.4) is 0 Å². The minimum absolute atomic E-state index is 0.176. The summed E-state index contributed by atoms with van der Waals surface area (Å²) in [5.74, 6) is 0.493. The number of hydrogen-bond donors (Lipinski definition) is 1. The van der Waals surface area contributed by atoms with Gasteiger partial charge in [0, 0.05) is 47.2 Å². The number of hydrogen-bond acceptors (Lipinski definition) is 7. The molecule has 0 atom stereocenters. The van der Waals surface area contributed by atoms with E-state index in [2.05, 4.69) is 61.6 Å². The smallest absolute Gasteiger partial charge is 0.327 e. The molecule has 1 aromatic carbocycles. The molecular weight excluding hydrogens is 600 g/mol. The van der Waals surface area contributed by atoms with Gasteiger partial charge < -0.3 is 14.6 Å². The van der Waals surface area contributed by atoms with Crippen molar-refractivity contribution in [3.63, 3.8) is 0 Å². The maximum absolute atomic E-state index is 11.3. The van der Waals surface area contributed by atoms with Gasteiger partial charge in [0.2, 0.25) is 0 Å². The van der Waals surface area contributed by atoms with E-state index < -0.39 is 21.8 Å². The quantitative estimate of drug-likeness (QED) is 0.133. The number of nitrogens with zero attached hydrogens (tertiary/aromatic N) is 4. The predicted octanol–water partition coefficient (Wildman–Crippen LogP) is 6.22. The van der Waals surface area contributed by atoms with Gasteiger partial charge in [-0.1, -0.05) is 56.3 Å². The number of carboxylic acid groups (broad SMARTS) is 1. The molecule has 5 rings (SSSR count). The molecule has 0 saturated heterocycles. The number of aliphatic imine (C=N–C) groups is 1. The predicted molar refractivity (Wildman–Crippen MR) is 179 cm³/mol. The minimum Gasteiger partial charge on any atom is -0.748 e. The molecule has 3 aromatic rings. The molecule has 0 fully saturated rings. The maximum Gasteiger partial charge on any atom is 0.327 e. The van der Waals surface area contributed by atoms with Crippen LogP contribution >= 0.6 is 0 Å². The molecule has 242 valence electrons. The molecule has 10 heteroatoms. The molecule has 0 unspecified atom stereocenters. The highest BCUT2D eigenvalue weighted by atomic mass is 32.2. The van der Waals surface area contributed by atoms with Crippen LogP contribution in [0.15, 0.2) is 89.8 Å². The second kappa shape index (κ2) is 13.3. The standard InChI is InChI=1S/C36H42N4O5S/c1-35(2)29-24-27(26-14-7-5-8-15-26)25-39(21-10-6-9-19-32(41)42)34(29)38-30(35)17-11-18-31-36(3,4)28-16-12-20-37-33(28)40(31)22-13-23-46(43,44)45/h5,7-8,11-12,14-18,20,24-25H,6,9-10,13,19,21-23H2,1-4H3,(H-,41,42,43,44,45). The second-order valence-corrected chi connectivity index (χ2v) is 14.6. The highest BCUT2D eigenvalue weighted by Gasteiger charge is 2.43. The lowest BCUT2D eigenvalue weighted by Crippen LogP contribution is -2.35. The Balaban J connectivity index is 1.46. The van der Waals surface area contributed by atoms with E-state index in [-0.39, 0.29) is 23.7 Å². The van der Waals surface area contributed by atoms with Crippen molar-refractivity contribution in [2.24, 2.45) is 4.99 Å². The fourth-order valence-corrected chi connectivity index (χ4v) is 6.88. The van der Waals surface area contributed by atoms with Gasteiger partial charge in [-0.15, -0.1) is 0 Å². The summed E-state index contributed by atoms with van der Waals surface area (Å²) in [7, 11) is -4.32. The van der Waals surface area contributed by atoms with E-state index in [4.69, 9.17) is 10.1 Å². The summed E-state index contributed by atoms with van der Waals surface area (Å²) in [5, 5.41) is 9.03.